The minimum absolute atomic E-state index is 0.0392. The first-order valence-electron chi connectivity index (χ1n) is 8.52. The van der Waals surface area contributed by atoms with Gasteiger partial charge in [0.15, 0.2) is 0 Å². The fraction of sp³-hybridized carbons (Fsp3) is 0.474. The predicted octanol–water partition coefficient (Wildman–Crippen LogP) is 4.18. The number of likely N-dealkylation sites (tertiary alicyclic amines) is 1. The van der Waals surface area contributed by atoms with Crippen molar-refractivity contribution < 1.29 is 9.53 Å². The van der Waals surface area contributed by atoms with Crippen molar-refractivity contribution in [3.05, 3.63) is 51.5 Å². The van der Waals surface area contributed by atoms with Gasteiger partial charge in [0.2, 0.25) is 0 Å². The maximum absolute atomic E-state index is 12.7. The molecule has 2 heterocycles. The van der Waals surface area contributed by atoms with E-state index >= 15 is 0 Å². The van der Waals surface area contributed by atoms with Crippen LogP contribution in [0.3, 0.4) is 0 Å². The van der Waals surface area contributed by atoms with Gasteiger partial charge in [-0.25, -0.2) is 4.98 Å². The number of aryl methyl sites for hydroxylation is 1. The Morgan fingerprint density at radius 1 is 1.46 bits per heavy atom. The smallest absolute Gasteiger partial charge is 0.273 e. The number of amides is 1. The zero-order chi connectivity index (χ0) is 17.1. The van der Waals surface area contributed by atoms with Gasteiger partial charge in [-0.1, -0.05) is 24.3 Å². The molecule has 0 aliphatic carbocycles. The molecule has 0 bridgehead atoms. The summed E-state index contributed by atoms with van der Waals surface area (Å²) in [6.07, 6.45) is 0.961. The summed E-state index contributed by atoms with van der Waals surface area (Å²) in [6, 6.07) is 8.46. The summed E-state index contributed by atoms with van der Waals surface area (Å²) in [6.45, 7) is 8.30. The van der Waals surface area contributed by atoms with Gasteiger partial charge in [-0.2, -0.15) is 0 Å². The Balaban J connectivity index is 1.68. The van der Waals surface area contributed by atoms with Gasteiger partial charge in [0.25, 0.3) is 5.91 Å². The van der Waals surface area contributed by atoms with Crippen LogP contribution in [0.5, 0.6) is 0 Å². The van der Waals surface area contributed by atoms with Crippen molar-refractivity contribution in [2.45, 2.75) is 39.2 Å². The van der Waals surface area contributed by atoms with Crippen LogP contribution in [0.25, 0.3) is 0 Å². The zero-order valence-corrected chi connectivity index (χ0v) is 15.3. The number of carbonyl (C=O) groups is 1. The quantitative estimate of drug-likeness (QED) is 0.817. The fourth-order valence-electron chi connectivity index (χ4n) is 3.30. The summed E-state index contributed by atoms with van der Waals surface area (Å²) in [4.78, 5) is 19.2. The standard InChI is InChI=1S/C19H24N2O2S/c1-4-23-14(3)18-20-17(12-24-18)19(22)21-10-9-15(11-21)16-8-6-5-7-13(16)2/h5-8,12,14-15H,4,9-11H2,1-3H3/t14-,15-/m1/s1. The van der Waals surface area contributed by atoms with Crippen LogP contribution in [0.4, 0.5) is 0 Å². The molecule has 24 heavy (non-hydrogen) atoms. The molecule has 0 radical (unpaired) electrons. The number of benzene rings is 1. The molecule has 1 aromatic heterocycles. The van der Waals surface area contributed by atoms with Crippen LogP contribution < -0.4 is 0 Å². The molecular weight excluding hydrogens is 320 g/mol. The average Bonchev–Trinajstić information content (AvgIpc) is 3.25. The predicted molar refractivity (Wildman–Crippen MR) is 96.6 cm³/mol. The minimum atomic E-state index is -0.0557. The molecule has 4 nitrogen and oxygen atoms in total. The lowest BCUT2D eigenvalue weighted by Crippen LogP contribution is -2.28. The Bertz CT molecular complexity index is 713. The van der Waals surface area contributed by atoms with Gasteiger partial charge in [-0.15, -0.1) is 11.3 Å². The Hall–Kier alpha value is -1.72. The van der Waals surface area contributed by atoms with Crippen LogP contribution >= 0.6 is 11.3 Å². The van der Waals surface area contributed by atoms with Crippen molar-refractivity contribution in [2.24, 2.45) is 0 Å². The van der Waals surface area contributed by atoms with Gasteiger partial charge in [-0.05, 0) is 38.3 Å². The van der Waals surface area contributed by atoms with E-state index in [2.05, 4.69) is 36.2 Å². The Labute approximate surface area is 147 Å². The molecule has 5 heteroatoms. The second-order valence-corrected chi connectivity index (χ2v) is 7.15. The van der Waals surface area contributed by atoms with E-state index in [4.69, 9.17) is 4.74 Å². The van der Waals surface area contributed by atoms with Gasteiger partial charge >= 0.3 is 0 Å². The molecule has 0 N–H and O–H groups in total. The van der Waals surface area contributed by atoms with Crippen molar-refractivity contribution in [1.82, 2.24) is 9.88 Å². The van der Waals surface area contributed by atoms with Gasteiger partial charge in [0.1, 0.15) is 16.8 Å². The normalized spacial score (nSPS) is 18.8. The molecule has 0 unspecified atom stereocenters. The zero-order valence-electron chi connectivity index (χ0n) is 14.5. The molecule has 0 saturated carbocycles. The third-order valence-corrected chi connectivity index (χ3v) is 5.62. The van der Waals surface area contributed by atoms with Crippen LogP contribution in [-0.2, 0) is 4.74 Å². The van der Waals surface area contributed by atoms with E-state index in [-0.39, 0.29) is 12.0 Å². The monoisotopic (exact) mass is 344 g/mol. The molecule has 1 saturated heterocycles. The second kappa shape index (κ2) is 7.45. The summed E-state index contributed by atoms with van der Waals surface area (Å²) in [5.41, 5.74) is 3.21. The maximum atomic E-state index is 12.7. The van der Waals surface area contributed by atoms with E-state index in [1.807, 2.05) is 24.1 Å². The highest BCUT2D eigenvalue weighted by Gasteiger charge is 2.30. The molecule has 3 rings (SSSR count). The minimum Gasteiger partial charge on any atom is -0.372 e. The third-order valence-electron chi connectivity index (χ3n) is 4.61. The van der Waals surface area contributed by atoms with Crippen LogP contribution in [-0.4, -0.2) is 35.5 Å². The largest absolute Gasteiger partial charge is 0.372 e. The molecule has 2 atom stereocenters. The topological polar surface area (TPSA) is 42.4 Å². The van der Waals surface area contributed by atoms with Crippen LogP contribution in [0, 0.1) is 6.92 Å². The number of hydrogen-bond acceptors (Lipinski definition) is 4. The molecule has 1 aromatic carbocycles. The lowest BCUT2D eigenvalue weighted by molar-refractivity contribution is 0.0746. The number of hydrogen-bond donors (Lipinski definition) is 0. The molecule has 1 aliphatic rings. The molecule has 128 valence electrons. The summed E-state index contributed by atoms with van der Waals surface area (Å²) < 4.78 is 5.56. The number of thiazole rings is 1. The van der Waals surface area contributed by atoms with E-state index in [1.165, 1.54) is 22.5 Å². The summed E-state index contributed by atoms with van der Waals surface area (Å²) in [7, 11) is 0. The highest BCUT2D eigenvalue weighted by Crippen LogP contribution is 2.30. The van der Waals surface area contributed by atoms with E-state index in [9.17, 15) is 4.79 Å². The van der Waals surface area contributed by atoms with Crippen LogP contribution in [0.15, 0.2) is 29.6 Å². The van der Waals surface area contributed by atoms with Gasteiger partial charge < -0.3 is 9.64 Å². The van der Waals surface area contributed by atoms with Crippen molar-refractivity contribution in [3.63, 3.8) is 0 Å². The Morgan fingerprint density at radius 2 is 2.25 bits per heavy atom. The lowest BCUT2D eigenvalue weighted by atomic mass is 9.94. The van der Waals surface area contributed by atoms with Crippen molar-refractivity contribution in [2.75, 3.05) is 19.7 Å². The van der Waals surface area contributed by atoms with Crippen LogP contribution in [0.2, 0.25) is 0 Å². The molecule has 1 fully saturated rings. The van der Waals surface area contributed by atoms with Gasteiger partial charge in [-0.3, -0.25) is 4.79 Å². The number of aromatic nitrogens is 1. The van der Waals surface area contributed by atoms with Crippen LogP contribution in [0.1, 0.15) is 58.9 Å². The molecule has 1 amide bonds. The lowest BCUT2D eigenvalue weighted by Gasteiger charge is -2.16. The van der Waals surface area contributed by atoms with E-state index < -0.39 is 0 Å². The number of rotatable bonds is 5. The first-order valence-corrected chi connectivity index (χ1v) is 9.40. The van der Waals surface area contributed by atoms with Gasteiger partial charge in [0, 0.05) is 31.0 Å². The average molecular weight is 344 g/mol. The van der Waals surface area contributed by atoms with E-state index in [0.29, 0.717) is 18.2 Å². The summed E-state index contributed by atoms with van der Waals surface area (Å²) >= 11 is 1.50. The highest BCUT2D eigenvalue weighted by molar-refractivity contribution is 7.09. The SMILES string of the molecule is CCO[C@H](C)c1nc(C(=O)N2CC[C@@H](c3ccccc3C)C2)cs1. The third kappa shape index (κ3) is 3.52. The first kappa shape index (κ1) is 17.1. The van der Waals surface area contributed by atoms with Crippen molar-refractivity contribution in [3.8, 4) is 0 Å². The van der Waals surface area contributed by atoms with Crippen molar-refractivity contribution >= 4 is 17.2 Å². The fourth-order valence-corrected chi connectivity index (χ4v) is 4.10. The van der Waals surface area contributed by atoms with Gasteiger partial charge in [0.05, 0.1) is 0 Å². The first-order chi connectivity index (χ1) is 11.6. The Morgan fingerprint density at radius 3 is 3.00 bits per heavy atom. The van der Waals surface area contributed by atoms with Crippen molar-refractivity contribution in [1.29, 1.82) is 0 Å². The molecule has 2 aromatic rings. The number of ether oxygens (including phenoxy) is 1. The highest BCUT2D eigenvalue weighted by atomic mass is 32.1. The second-order valence-electron chi connectivity index (χ2n) is 6.26. The van der Waals surface area contributed by atoms with E-state index in [0.717, 1.165) is 24.5 Å². The maximum Gasteiger partial charge on any atom is 0.273 e. The number of nitrogens with zero attached hydrogens (tertiary/aromatic N) is 2. The summed E-state index contributed by atoms with van der Waals surface area (Å²) in [5, 5.41) is 2.73. The molecule has 0 spiro atoms. The van der Waals surface area contributed by atoms with E-state index in [1.54, 1.807) is 0 Å². The number of carbonyl (C=O) groups excluding carboxylic acids is 1. The molecule has 1 aliphatic heterocycles. The summed E-state index contributed by atoms with van der Waals surface area (Å²) in [5.74, 6) is 0.466. The Kier molecular flexibility index (Phi) is 5.31. The molecular formula is C19H24N2O2S.